The number of piperidine rings is 1. The number of amides is 1. The number of nitrogens with zero attached hydrogens (tertiary/aromatic N) is 5. The fraction of sp³-hybridized carbons (Fsp3) is 0.292. The molecule has 0 spiro atoms. The maximum atomic E-state index is 14.0. The molecule has 0 saturated carbocycles. The Hall–Kier alpha value is -3.62. The number of fused-ring (bicyclic) bond motifs is 5. The lowest BCUT2D eigenvalue weighted by Crippen LogP contribution is -2.49. The average Bonchev–Trinajstić information content (AvgIpc) is 3.39. The molecule has 2 bridgehead atoms. The fourth-order valence-corrected chi connectivity index (χ4v) is 5.39. The van der Waals surface area contributed by atoms with Crippen LogP contribution in [-0.2, 0) is 13.5 Å². The van der Waals surface area contributed by atoms with Crippen LogP contribution in [0.25, 0.3) is 16.8 Å². The van der Waals surface area contributed by atoms with Gasteiger partial charge in [0.25, 0.3) is 5.91 Å². The number of pyridine rings is 1. The Labute approximate surface area is 187 Å². The molecule has 0 N–H and O–H groups in total. The van der Waals surface area contributed by atoms with Crippen LogP contribution in [0.15, 0.2) is 42.7 Å². The Morgan fingerprint density at radius 2 is 1.88 bits per heavy atom. The molecule has 168 valence electrons. The predicted octanol–water partition coefficient (Wildman–Crippen LogP) is 4.44. The number of hydrogen-bond donors (Lipinski definition) is 0. The minimum absolute atomic E-state index is 0.0600. The fourth-order valence-electron chi connectivity index (χ4n) is 5.39. The zero-order valence-electron chi connectivity index (χ0n) is 17.8. The molecule has 5 heterocycles. The number of carbonyl (C=O) groups is 1. The molecule has 0 aliphatic carbocycles. The van der Waals surface area contributed by atoms with Gasteiger partial charge in [-0.15, -0.1) is 0 Å². The quantitative estimate of drug-likeness (QED) is 0.424. The lowest BCUT2D eigenvalue weighted by molar-refractivity contribution is 0.0391. The van der Waals surface area contributed by atoms with Gasteiger partial charge in [0, 0.05) is 36.6 Å². The van der Waals surface area contributed by atoms with Crippen LogP contribution in [0.5, 0.6) is 0 Å². The van der Waals surface area contributed by atoms with Gasteiger partial charge in [-0.2, -0.15) is 10.2 Å². The van der Waals surface area contributed by atoms with Crippen molar-refractivity contribution in [2.45, 2.75) is 37.8 Å². The third kappa shape index (κ3) is 2.98. The zero-order chi connectivity index (χ0) is 22.9. The molecule has 33 heavy (non-hydrogen) atoms. The van der Waals surface area contributed by atoms with E-state index in [9.17, 15) is 18.0 Å². The normalized spacial score (nSPS) is 19.7. The van der Waals surface area contributed by atoms with Crippen molar-refractivity contribution in [2.24, 2.45) is 7.05 Å². The Morgan fingerprint density at radius 1 is 1.09 bits per heavy atom. The monoisotopic (exact) mass is 451 g/mol. The van der Waals surface area contributed by atoms with Gasteiger partial charge in [0.05, 0.1) is 28.5 Å². The Bertz CT molecular complexity index is 1400. The molecule has 2 unspecified atom stereocenters. The van der Waals surface area contributed by atoms with Crippen LogP contribution < -0.4 is 0 Å². The van der Waals surface area contributed by atoms with Crippen molar-refractivity contribution in [3.63, 3.8) is 0 Å². The molecule has 2 atom stereocenters. The number of aryl methyl sites for hydroxylation is 1. The minimum Gasteiger partial charge on any atom is -0.327 e. The van der Waals surface area contributed by atoms with Crippen molar-refractivity contribution in [3.05, 3.63) is 77.0 Å². The van der Waals surface area contributed by atoms with Gasteiger partial charge in [0.1, 0.15) is 0 Å². The van der Waals surface area contributed by atoms with Gasteiger partial charge in [-0.25, -0.2) is 17.7 Å². The molecule has 1 fully saturated rings. The first-order chi connectivity index (χ1) is 15.9. The average molecular weight is 451 g/mol. The summed E-state index contributed by atoms with van der Waals surface area (Å²) in [5.41, 5.74) is 3.85. The highest BCUT2D eigenvalue weighted by molar-refractivity contribution is 5.95. The van der Waals surface area contributed by atoms with Crippen molar-refractivity contribution in [3.8, 4) is 11.3 Å². The van der Waals surface area contributed by atoms with E-state index in [1.807, 2.05) is 17.0 Å². The topological polar surface area (TPSA) is 55.4 Å². The van der Waals surface area contributed by atoms with Gasteiger partial charge >= 0.3 is 0 Å². The summed E-state index contributed by atoms with van der Waals surface area (Å²) >= 11 is 0. The van der Waals surface area contributed by atoms with Crippen molar-refractivity contribution >= 4 is 11.4 Å². The van der Waals surface area contributed by atoms with Gasteiger partial charge in [-0.05, 0) is 56.0 Å². The first-order valence-electron chi connectivity index (χ1n) is 10.9. The highest BCUT2D eigenvalue weighted by atomic mass is 19.2. The summed E-state index contributed by atoms with van der Waals surface area (Å²) in [6.07, 6.45) is 6.47. The molecule has 3 aromatic heterocycles. The van der Waals surface area contributed by atoms with Crippen LogP contribution in [0.4, 0.5) is 13.2 Å². The number of aromatic nitrogens is 4. The van der Waals surface area contributed by atoms with Crippen molar-refractivity contribution in [1.82, 2.24) is 24.3 Å². The maximum absolute atomic E-state index is 14.0. The largest absolute Gasteiger partial charge is 0.327 e. The van der Waals surface area contributed by atoms with E-state index in [0.29, 0.717) is 17.7 Å². The van der Waals surface area contributed by atoms with Crippen LogP contribution in [-0.4, -0.2) is 36.2 Å². The van der Waals surface area contributed by atoms with E-state index >= 15 is 0 Å². The highest BCUT2D eigenvalue weighted by Gasteiger charge is 2.43. The molecule has 0 radical (unpaired) electrons. The minimum atomic E-state index is -1.49. The SMILES string of the molecule is Cn1nc2c(c1-c1cc(F)c(F)c(F)c1)CC1CCCC2N1C(=O)c1ccc2ccnn2c1. The van der Waals surface area contributed by atoms with Crippen LogP contribution in [0, 0.1) is 17.5 Å². The van der Waals surface area contributed by atoms with E-state index in [2.05, 4.69) is 10.2 Å². The summed E-state index contributed by atoms with van der Waals surface area (Å²) in [7, 11) is 1.70. The maximum Gasteiger partial charge on any atom is 0.256 e. The van der Waals surface area contributed by atoms with Crippen LogP contribution in [0.2, 0.25) is 0 Å². The van der Waals surface area contributed by atoms with Gasteiger partial charge in [-0.3, -0.25) is 9.48 Å². The molecule has 6 rings (SSSR count). The Kier molecular flexibility index (Phi) is 4.36. The molecule has 2 aliphatic heterocycles. The van der Waals surface area contributed by atoms with Crippen LogP contribution in [0.1, 0.15) is 46.9 Å². The number of halogens is 3. The molecule has 4 aromatic rings. The number of carbonyl (C=O) groups excluding carboxylic acids is 1. The van der Waals surface area contributed by atoms with Crippen molar-refractivity contribution in [1.29, 1.82) is 0 Å². The third-order valence-electron chi connectivity index (χ3n) is 6.81. The second-order valence-corrected chi connectivity index (χ2v) is 8.73. The van der Waals surface area contributed by atoms with Gasteiger partial charge in [0.2, 0.25) is 0 Å². The predicted molar refractivity (Wildman–Crippen MR) is 114 cm³/mol. The molecule has 1 aromatic carbocycles. The number of benzene rings is 1. The summed E-state index contributed by atoms with van der Waals surface area (Å²) in [5.74, 6) is -4.04. The molecule has 1 amide bonds. The molecule has 2 aliphatic rings. The third-order valence-corrected chi connectivity index (χ3v) is 6.81. The van der Waals surface area contributed by atoms with E-state index in [1.165, 1.54) is 0 Å². The van der Waals surface area contributed by atoms with Crippen LogP contribution >= 0.6 is 0 Å². The standard InChI is InChI=1S/C24H20F3N5O/c1-30-23(14-9-18(25)21(27)19(26)10-14)17-11-16-3-2-4-20(22(17)29-30)32(16)24(33)13-5-6-15-7-8-28-31(15)12-13/h5-10,12,16,20H,2-4,11H2,1H3. The second-order valence-electron chi connectivity index (χ2n) is 8.73. The Balaban J connectivity index is 1.43. The first-order valence-corrected chi connectivity index (χ1v) is 10.9. The summed E-state index contributed by atoms with van der Waals surface area (Å²) < 4.78 is 44.7. The van der Waals surface area contributed by atoms with Gasteiger partial charge < -0.3 is 4.90 Å². The zero-order valence-corrected chi connectivity index (χ0v) is 17.8. The Morgan fingerprint density at radius 3 is 2.67 bits per heavy atom. The second kappa shape index (κ2) is 7.19. The van der Waals surface area contributed by atoms with Crippen LogP contribution in [0.3, 0.4) is 0 Å². The molecular formula is C24H20F3N5O. The van der Waals surface area contributed by atoms with E-state index in [-0.39, 0.29) is 23.6 Å². The molecule has 6 nitrogen and oxygen atoms in total. The van der Waals surface area contributed by atoms with Gasteiger partial charge in [-0.1, -0.05) is 0 Å². The first kappa shape index (κ1) is 20.0. The summed E-state index contributed by atoms with van der Waals surface area (Å²) in [6.45, 7) is 0. The molecule has 1 saturated heterocycles. The number of hydrogen-bond acceptors (Lipinski definition) is 3. The lowest BCUT2D eigenvalue weighted by atomic mass is 9.81. The van der Waals surface area contributed by atoms with Gasteiger partial charge in [0.15, 0.2) is 17.5 Å². The smallest absolute Gasteiger partial charge is 0.256 e. The summed E-state index contributed by atoms with van der Waals surface area (Å²) in [5, 5.41) is 8.89. The summed E-state index contributed by atoms with van der Waals surface area (Å²) in [6, 6.07) is 7.25. The van der Waals surface area contributed by atoms with E-state index < -0.39 is 17.5 Å². The van der Waals surface area contributed by atoms with E-state index in [4.69, 9.17) is 0 Å². The summed E-state index contributed by atoms with van der Waals surface area (Å²) in [4.78, 5) is 15.5. The van der Waals surface area contributed by atoms with E-state index in [0.717, 1.165) is 48.2 Å². The van der Waals surface area contributed by atoms with E-state index in [1.54, 1.807) is 34.7 Å². The molecule has 9 heteroatoms. The highest BCUT2D eigenvalue weighted by Crippen LogP contribution is 2.45. The van der Waals surface area contributed by atoms with Crippen molar-refractivity contribution < 1.29 is 18.0 Å². The number of rotatable bonds is 2. The van der Waals surface area contributed by atoms with Crippen molar-refractivity contribution in [2.75, 3.05) is 0 Å². The lowest BCUT2D eigenvalue weighted by Gasteiger charge is -2.45. The molecular weight excluding hydrogens is 431 g/mol.